The Bertz CT molecular complexity index is 717. The third-order valence-electron chi connectivity index (χ3n) is 5.77. The average Bonchev–Trinajstić information content (AvgIpc) is 3.27. The van der Waals surface area contributed by atoms with Crippen molar-refractivity contribution in [2.75, 3.05) is 45.2 Å². The fourth-order valence-corrected chi connectivity index (χ4v) is 4.04. The van der Waals surface area contributed by atoms with Gasteiger partial charge in [0.15, 0.2) is 0 Å². The number of nitrogens with one attached hydrogen (secondary N) is 2. The summed E-state index contributed by atoms with van der Waals surface area (Å²) in [6.45, 7) is 2.34. The standard InChI is InChI=1S/C24H39N5O3/c1-28(2)17-20(25)9-12-23(31)26-14-16-29(22-10-7-19(18-30)8-11-22)15-13-24(32)27-21-5-3-4-6-21/h7-8,10-11,18,20-21H,3-6,9,12-17,25H2,1-2H3,(H,26,31)(H,27,32). The first-order valence-electron chi connectivity index (χ1n) is 11.6. The van der Waals surface area contributed by atoms with Gasteiger partial charge in [0.25, 0.3) is 0 Å². The molecule has 1 fully saturated rings. The molecule has 0 radical (unpaired) electrons. The summed E-state index contributed by atoms with van der Waals surface area (Å²) in [5.41, 5.74) is 7.56. The Balaban J connectivity index is 1.83. The van der Waals surface area contributed by atoms with Crippen molar-refractivity contribution in [1.82, 2.24) is 15.5 Å². The van der Waals surface area contributed by atoms with Gasteiger partial charge in [-0.25, -0.2) is 0 Å². The van der Waals surface area contributed by atoms with Crippen molar-refractivity contribution in [3.05, 3.63) is 29.8 Å². The zero-order chi connectivity index (χ0) is 23.3. The Morgan fingerprint density at radius 1 is 1.09 bits per heavy atom. The normalized spacial score (nSPS) is 14.9. The van der Waals surface area contributed by atoms with Gasteiger partial charge in [-0.05, 0) is 57.6 Å². The number of aldehydes is 1. The van der Waals surface area contributed by atoms with E-state index in [1.54, 1.807) is 12.1 Å². The molecular formula is C24H39N5O3. The van der Waals surface area contributed by atoms with Crippen LogP contribution in [0.2, 0.25) is 0 Å². The van der Waals surface area contributed by atoms with E-state index >= 15 is 0 Å². The Labute approximate surface area is 191 Å². The number of benzene rings is 1. The van der Waals surface area contributed by atoms with Crippen molar-refractivity contribution in [3.63, 3.8) is 0 Å². The quantitative estimate of drug-likeness (QED) is 0.375. The Morgan fingerprint density at radius 2 is 1.78 bits per heavy atom. The van der Waals surface area contributed by atoms with Gasteiger partial charge >= 0.3 is 0 Å². The van der Waals surface area contributed by atoms with Crippen LogP contribution in [-0.4, -0.2) is 75.4 Å². The molecule has 8 nitrogen and oxygen atoms in total. The molecule has 8 heteroatoms. The number of nitrogens with two attached hydrogens (primary N) is 1. The fraction of sp³-hybridized carbons (Fsp3) is 0.625. The van der Waals surface area contributed by atoms with E-state index in [0.717, 1.165) is 31.4 Å². The van der Waals surface area contributed by atoms with Crippen molar-refractivity contribution >= 4 is 23.8 Å². The van der Waals surface area contributed by atoms with Gasteiger partial charge in [-0.15, -0.1) is 0 Å². The summed E-state index contributed by atoms with van der Waals surface area (Å²) < 4.78 is 0. The fourth-order valence-electron chi connectivity index (χ4n) is 4.04. The van der Waals surface area contributed by atoms with Crippen molar-refractivity contribution in [1.29, 1.82) is 0 Å². The summed E-state index contributed by atoms with van der Waals surface area (Å²) in [7, 11) is 3.92. The van der Waals surface area contributed by atoms with Crippen LogP contribution in [0.15, 0.2) is 24.3 Å². The van der Waals surface area contributed by atoms with E-state index in [1.807, 2.05) is 31.1 Å². The van der Waals surface area contributed by atoms with Gasteiger partial charge in [0.1, 0.15) is 6.29 Å². The maximum atomic E-state index is 12.4. The topological polar surface area (TPSA) is 108 Å². The number of carbonyl (C=O) groups excluding carboxylic acids is 3. The minimum Gasteiger partial charge on any atom is -0.369 e. The molecular weight excluding hydrogens is 406 g/mol. The zero-order valence-electron chi connectivity index (χ0n) is 19.5. The number of likely N-dealkylation sites (N-methyl/N-ethyl adjacent to an activating group) is 1. The van der Waals surface area contributed by atoms with E-state index in [4.69, 9.17) is 5.73 Å². The molecule has 0 heterocycles. The molecule has 2 amide bonds. The van der Waals surface area contributed by atoms with Gasteiger partial charge in [-0.2, -0.15) is 0 Å². The van der Waals surface area contributed by atoms with Gasteiger partial charge in [0, 0.05) is 62.4 Å². The zero-order valence-corrected chi connectivity index (χ0v) is 19.5. The second kappa shape index (κ2) is 13.9. The highest BCUT2D eigenvalue weighted by Crippen LogP contribution is 2.18. The molecule has 1 saturated carbocycles. The molecule has 1 atom stereocenters. The van der Waals surface area contributed by atoms with E-state index in [-0.39, 0.29) is 17.9 Å². The predicted octanol–water partition coefficient (Wildman–Crippen LogP) is 1.54. The summed E-state index contributed by atoms with van der Waals surface area (Å²) in [6, 6.07) is 7.56. The molecule has 0 saturated heterocycles. The highest BCUT2D eigenvalue weighted by molar-refractivity contribution is 5.78. The van der Waals surface area contributed by atoms with E-state index in [1.165, 1.54) is 12.8 Å². The molecule has 0 spiro atoms. The monoisotopic (exact) mass is 445 g/mol. The van der Waals surface area contributed by atoms with Crippen LogP contribution < -0.4 is 21.3 Å². The van der Waals surface area contributed by atoms with Gasteiger partial charge in [0.05, 0.1) is 0 Å². The highest BCUT2D eigenvalue weighted by Gasteiger charge is 2.18. The molecule has 32 heavy (non-hydrogen) atoms. The number of hydrogen-bond donors (Lipinski definition) is 3. The van der Waals surface area contributed by atoms with E-state index < -0.39 is 0 Å². The molecule has 0 aromatic heterocycles. The van der Waals surface area contributed by atoms with Crippen LogP contribution >= 0.6 is 0 Å². The minimum atomic E-state index is -0.0260. The molecule has 0 bridgehead atoms. The number of anilines is 1. The lowest BCUT2D eigenvalue weighted by Crippen LogP contribution is -2.39. The molecule has 2 rings (SSSR count). The SMILES string of the molecule is CN(C)CC(N)CCC(=O)NCCN(CCC(=O)NC1CCCC1)c1ccc(C=O)cc1. The summed E-state index contributed by atoms with van der Waals surface area (Å²) in [4.78, 5) is 39.6. The molecule has 1 aliphatic rings. The smallest absolute Gasteiger partial charge is 0.221 e. The Morgan fingerprint density at radius 3 is 2.41 bits per heavy atom. The van der Waals surface area contributed by atoms with Crippen molar-refractivity contribution in [2.45, 2.75) is 57.0 Å². The lowest BCUT2D eigenvalue weighted by atomic mass is 10.1. The number of hydrogen-bond acceptors (Lipinski definition) is 6. The highest BCUT2D eigenvalue weighted by atomic mass is 16.2. The van der Waals surface area contributed by atoms with Gasteiger partial charge in [0.2, 0.25) is 11.8 Å². The van der Waals surface area contributed by atoms with Gasteiger partial charge < -0.3 is 26.2 Å². The van der Waals surface area contributed by atoms with Crippen molar-refractivity contribution in [2.24, 2.45) is 5.73 Å². The van der Waals surface area contributed by atoms with Crippen LogP contribution in [-0.2, 0) is 9.59 Å². The van der Waals surface area contributed by atoms with Crippen LogP contribution in [0.1, 0.15) is 55.3 Å². The summed E-state index contributed by atoms with van der Waals surface area (Å²) in [6.07, 6.45) is 6.72. The summed E-state index contributed by atoms with van der Waals surface area (Å²) >= 11 is 0. The van der Waals surface area contributed by atoms with Crippen molar-refractivity contribution < 1.29 is 14.4 Å². The third-order valence-corrected chi connectivity index (χ3v) is 5.77. The van der Waals surface area contributed by atoms with Crippen LogP contribution in [0.25, 0.3) is 0 Å². The maximum absolute atomic E-state index is 12.4. The largest absolute Gasteiger partial charge is 0.369 e. The average molecular weight is 446 g/mol. The molecule has 178 valence electrons. The van der Waals surface area contributed by atoms with E-state index in [2.05, 4.69) is 15.5 Å². The Hall–Kier alpha value is -2.45. The molecule has 0 aliphatic heterocycles. The van der Waals surface area contributed by atoms with Crippen LogP contribution in [0.3, 0.4) is 0 Å². The van der Waals surface area contributed by atoms with E-state index in [0.29, 0.717) is 50.5 Å². The Kier molecular flexibility index (Phi) is 11.2. The summed E-state index contributed by atoms with van der Waals surface area (Å²) in [5, 5.41) is 6.08. The second-order valence-electron chi connectivity index (χ2n) is 8.91. The minimum absolute atomic E-state index is 0.0190. The van der Waals surface area contributed by atoms with Gasteiger partial charge in [-0.1, -0.05) is 12.8 Å². The predicted molar refractivity (Wildman–Crippen MR) is 128 cm³/mol. The first kappa shape index (κ1) is 25.8. The van der Waals surface area contributed by atoms with Crippen LogP contribution in [0.4, 0.5) is 5.69 Å². The van der Waals surface area contributed by atoms with E-state index in [9.17, 15) is 14.4 Å². The first-order valence-corrected chi connectivity index (χ1v) is 11.6. The lowest BCUT2D eigenvalue weighted by Gasteiger charge is -2.25. The number of rotatable bonds is 14. The maximum Gasteiger partial charge on any atom is 0.221 e. The number of amides is 2. The van der Waals surface area contributed by atoms with Crippen LogP contribution in [0, 0.1) is 0 Å². The molecule has 1 aliphatic carbocycles. The second-order valence-corrected chi connectivity index (χ2v) is 8.91. The van der Waals surface area contributed by atoms with Gasteiger partial charge in [-0.3, -0.25) is 14.4 Å². The van der Waals surface area contributed by atoms with Crippen molar-refractivity contribution in [3.8, 4) is 0 Å². The number of carbonyl (C=O) groups is 3. The third kappa shape index (κ3) is 9.78. The molecule has 1 aromatic carbocycles. The molecule has 1 unspecified atom stereocenters. The number of nitrogens with zero attached hydrogens (tertiary/aromatic N) is 2. The molecule has 1 aromatic rings. The summed E-state index contributed by atoms with van der Waals surface area (Å²) in [5.74, 6) is 0.0414. The lowest BCUT2D eigenvalue weighted by molar-refractivity contribution is -0.122. The first-order chi connectivity index (χ1) is 15.4. The molecule has 4 N–H and O–H groups in total. The van der Waals surface area contributed by atoms with Crippen LogP contribution in [0.5, 0.6) is 0 Å².